The summed E-state index contributed by atoms with van der Waals surface area (Å²) in [5.41, 5.74) is 0. The van der Waals surface area contributed by atoms with Crippen molar-refractivity contribution in [1.82, 2.24) is 0 Å². The van der Waals surface area contributed by atoms with Gasteiger partial charge in [-0.1, -0.05) is 0 Å². The fraction of sp³-hybridized carbons (Fsp3) is 1.00. The highest BCUT2D eigenvalue weighted by atomic mass is 32.2. The minimum absolute atomic E-state index is 0.326. The van der Waals surface area contributed by atoms with Gasteiger partial charge in [-0.3, -0.25) is 0 Å². The standard InChI is InChI=1S/C6H8F4O2S/c7-5(8)2-1-3-6(9,10)4(5)13(11)12/h4H,1-3H2,(H,11,12). The maximum absolute atomic E-state index is 12.8. The minimum atomic E-state index is -3.75. The molecular formula is C6H8F4O2S. The van der Waals surface area contributed by atoms with E-state index in [1.807, 2.05) is 0 Å². The van der Waals surface area contributed by atoms with Crippen LogP contribution in [0.25, 0.3) is 0 Å². The van der Waals surface area contributed by atoms with E-state index < -0.39 is 41.0 Å². The van der Waals surface area contributed by atoms with Gasteiger partial charge in [-0.15, -0.1) is 0 Å². The third-order valence-corrected chi connectivity index (χ3v) is 3.08. The molecule has 13 heavy (non-hydrogen) atoms. The van der Waals surface area contributed by atoms with Gasteiger partial charge in [0.1, 0.15) is 0 Å². The van der Waals surface area contributed by atoms with Gasteiger partial charge in [0, 0.05) is 12.8 Å². The lowest BCUT2D eigenvalue weighted by atomic mass is 9.93. The van der Waals surface area contributed by atoms with Crippen LogP contribution in [0.1, 0.15) is 19.3 Å². The van der Waals surface area contributed by atoms with Gasteiger partial charge in [0.2, 0.25) is 0 Å². The molecule has 0 aromatic heterocycles. The maximum Gasteiger partial charge on any atom is 0.270 e. The van der Waals surface area contributed by atoms with E-state index in [1.54, 1.807) is 0 Å². The lowest BCUT2D eigenvalue weighted by molar-refractivity contribution is -0.138. The smallest absolute Gasteiger partial charge is 0.270 e. The fourth-order valence-electron chi connectivity index (χ4n) is 1.43. The molecule has 1 fully saturated rings. The summed E-state index contributed by atoms with van der Waals surface area (Å²) in [4.78, 5) is 0. The number of rotatable bonds is 1. The molecule has 0 saturated heterocycles. The van der Waals surface area contributed by atoms with Gasteiger partial charge in [0.05, 0.1) is 0 Å². The predicted octanol–water partition coefficient (Wildman–Crippen LogP) is 2.03. The molecule has 1 saturated carbocycles. The van der Waals surface area contributed by atoms with Crippen LogP contribution in [-0.4, -0.2) is 25.9 Å². The molecule has 2 nitrogen and oxygen atoms in total. The Morgan fingerprint density at radius 2 is 1.54 bits per heavy atom. The highest BCUT2D eigenvalue weighted by Gasteiger charge is 2.60. The third-order valence-electron chi connectivity index (χ3n) is 1.99. The van der Waals surface area contributed by atoms with Crippen molar-refractivity contribution >= 4 is 11.1 Å². The molecule has 1 aliphatic carbocycles. The first-order valence-corrected chi connectivity index (χ1v) is 4.80. The van der Waals surface area contributed by atoms with E-state index in [9.17, 15) is 21.8 Å². The van der Waals surface area contributed by atoms with Crippen molar-refractivity contribution in [1.29, 1.82) is 0 Å². The summed E-state index contributed by atoms with van der Waals surface area (Å²) in [6.07, 6.45) is -1.83. The van der Waals surface area contributed by atoms with Crippen LogP contribution in [0, 0.1) is 0 Å². The molecular weight excluding hydrogens is 212 g/mol. The molecule has 0 amide bonds. The molecule has 1 aliphatic rings. The van der Waals surface area contributed by atoms with Gasteiger partial charge in [-0.2, -0.15) is 0 Å². The Balaban J connectivity index is 2.98. The van der Waals surface area contributed by atoms with Gasteiger partial charge in [0.15, 0.2) is 16.3 Å². The molecule has 1 unspecified atom stereocenters. The normalized spacial score (nSPS) is 29.9. The summed E-state index contributed by atoms with van der Waals surface area (Å²) in [5, 5.41) is -2.76. The van der Waals surface area contributed by atoms with E-state index in [2.05, 4.69) is 0 Å². The van der Waals surface area contributed by atoms with Crippen LogP contribution in [0.4, 0.5) is 17.6 Å². The zero-order chi connectivity index (χ0) is 10.3. The largest absolute Gasteiger partial charge is 0.306 e. The molecule has 0 aromatic carbocycles. The van der Waals surface area contributed by atoms with Gasteiger partial charge in [-0.25, -0.2) is 21.8 Å². The molecule has 1 rings (SSSR count). The summed E-state index contributed by atoms with van der Waals surface area (Å²) >= 11 is -3.19. The molecule has 0 bridgehead atoms. The second-order valence-corrected chi connectivity index (χ2v) is 4.06. The second kappa shape index (κ2) is 3.20. The Kier molecular flexibility index (Phi) is 2.68. The Labute approximate surface area is 74.6 Å². The molecule has 0 heterocycles. The van der Waals surface area contributed by atoms with Gasteiger partial charge < -0.3 is 4.55 Å². The van der Waals surface area contributed by atoms with E-state index in [-0.39, 0.29) is 6.42 Å². The van der Waals surface area contributed by atoms with Crippen LogP contribution in [-0.2, 0) is 11.1 Å². The Hall–Kier alpha value is -0.170. The Bertz CT molecular complexity index is 215. The van der Waals surface area contributed by atoms with Crippen LogP contribution in [0.3, 0.4) is 0 Å². The zero-order valence-corrected chi connectivity index (χ0v) is 7.29. The number of hydrogen-bond acceptors (Lipinski definition) is 1. The topological polar surface area (TPSA) is 37.3 Å². The van der Waals surface area contributed by atoms with Crippen LogP contribution in [0.2, 0.25) is 0 Å². The number of alkyl halides is 4. The molecule has 1 N–H and O–H groups in total. The van der Waals surface area contributed by atoms with E-state index in [0.29, 0.717) is 0 Å². The van der Waals surface area contributed by atoms with Crippen LogP contribution in [0.15, 0.2) is 0 Å². The van der Waals surface area contributed by atoms with Gasteiger partial charge >= 0.3 is 0 Å². The van der Waals surface area contributed by atoms with Crippen molar-refractivity contribution in [2.75, 3.05) is 0 Å². The van der Waals surface area contributed by atoms with Gasteiger partial charge in [-0.05, 0) is 6.42 Å². The molecule has 1 atom stereocenters. The van der Waals surface area contributed by atoms with E-state index in [4.69, 9.17) is 4.55 Å². The van der Waals surface area contributed by atoms with Crippen LogP contribution < -0.4 is 0 Å². The monoisotopic (exact) mass is 220 g/mol. The molecule has 0 aliphatic heterocycles. The predicted molar refractivity (Wildman–Crippen MR) is 38.3 cm³/mol. The summed E-state index contributed by atoms with van der Waals surface area (Å²) in [7, 11) is 0. The van der Waals surface area contributed by atoms with Crippen molar-refractivity contribution in [2.45, 2.75) is 36.4 Å². The quantitative estimate of drug-likeness (QED) is 0.542. The highest BCUT2D eigenvalue weighted by molar-refractivity contribution is 7.80. The summed E-state index contributed by atoms with van der Waals surface area (Å²) in [5.74, 6) is -7.50. The number of halogens is 4. The van der Waals surface area contributed by atoms with E-state index >= 15 is 0 Å². The SMILES string of the molecule is O=S(O)C1C(F)(F)CCCC1(F)F. The van der Waals surface area contributed by atoms with Crippen molar-refractivity contribution in [3.05, 3.63) is 0 Å². The van der Waals surface area contributed by atoms with E-state index in [0.717, 1.165) is 0 Å². The first kappa shape index (κ1) is 10.9. The molecule has 0 radical (unpaired) electrons. The average molecular weight is 220 g/mol. The first-order valence-electron chi connectivity index (χ1n) is 3.63. The second-order valence-electron chi connectivity index (χ2n) is 3.03. The fourth-order valence-corrected chi connectivity index (χ4v) is 2.25. The number of hydrogen-bond donors (Lipinski definition) is 1. The zero-order valence-electron chi connectivity index (χ0n) is 6.47. The summed E-state index contributed by atoms with van der Waals surface area (Å²) in [6.45, 7) is 0. The first-order chi connectivity index (χ1) is 5.77. The van der Waals surface area contributed by atoms with Crippen molar-refractivity contribution < 1.29 is 26.3 Å². The van der Waals surface area contributed by atoms with Crippen molar-refractivity contribution in [2.24, 2.45) is 0 Å². The molecule has 78 valence electrons. The lowest BCUT2D eigenvalue weighted by Gasteiger charge is -2.34. The van der Waals surface area contributed by atoms with E-state index in [1.165, 1.54) is 0 Å². The van der Waals surface area contributed by atoms with Crippen molar-refractivity contribution in [3.63, 3.8) is 0 Å². The summed E-state index contributed by atoms with van der Waals surface area (Å²) < 4.78 is 69.8. The Morgan fingerprint density at radius 1 is 1.15 bits per heavy atom. The third kappa shape index (κ3) is 2.01. The molecule has 0 spiro atoms. The maximum atomic E-state index is 12.8. The highest BCUT2D eigenvalue weighted by Crippen LogP contribution is 2.44. The minimum Gasteiger partial charge on any atom is -0.306 e. The van der Waals surface area contributed by atoms with Gasteiger partial charge in [0.25, 0.3) is 11.8 Å². The van der Waals surface area contributed by atoms with Crippen LogP contribution in [0.5, 0.6) is 0 Å². The average Bonchev–Trinajstić information content (AvgIpc) is 1.79. The molecule has 7 heteroatoms. The van der Waals surface area contributed by atoms with Crippen LogP contribution >= 0.6 is 0 Å². The van der Waals surface area contributed by atoms with Crippen molar-refractivity contribution in [3.8, 4) is 0 Å². The lowest BCUT2D eigenvalue weighted by Crippen LogP contribution is -2.53. The summed E-state index contributed by atoms with van der Waals surface area (Å²) in [6, 6.07) is 0. The Morgan fingerprint density at radius 3 is 1.77 bits per heavy atom. The molecule has 0 aromatic rings.